The number of alkyl halides is 1. The predicted molar refractivity (Wildman–Crippen MR) is 62.0 cm³/mol. The molecule has 0 aliphatic heterocycles. The van der Waals surface area contributed by atoms with Crippen LogP contribution < -0.4 is 0 Å². The van der Waals surface area contributed by atoms with E-state index in [0.29, 0.717) is 5.56 Å². The van der Waals surface area contributed by atoms with Crippen LogP contribution in [0.4, 0.5) is 0 Å². The van der Waals surface area contributed by atoms with Crippen molar-refractivity contribution in [1.82, 2.24) is 0 Å². The molecule has 14 heavy (non-hydrogen) atoms. The molecule has 3 nitrogen and oxygen atoms in total. The average molecular weight is 306 g/mol. The van der Waals surface area contributed by atoms with E-state index in [1.807, 2.05) is 0 Å². The Hall–Kier alpha value is -0.780. The third kappa shape index (κ3) is 2.60. The largest absolute Gasteiger partial charge is 0.508 e. The number of carbonyl (C=O) groups is 1. The molecule has 0 amide bonds. The van der Waals surface area contributed by atoms with E-state index in [1.165, 1.54) is 13.2 Å². The highest BCUT2D eigenvalue weighted by molar-refractivity contribution is 14.1. The van der Waals surface area contributed by atoms with Crippen LogP contribution in [-0.2, 0) is 11.2 Å². The Balaban J connectivity index is 2.99. The maximum Gasteiger partial charge on any atom is 0.337 e. The summed E-state index contributed by atoms with van der Waals surface area (Å²) in [4.78, 5) is 11.2. The quantitative estimate of drug-likeness (QED) is 0.529. The number of carbonyl (C=O) groups excluding carboxylic acids is 1. The fraction of sp³-hybridized carbons (Fsp3) is 0.300. The molecule has 1 rings (SSSR count). The molecule has 1 aromatic rings. The molecule has 0 saturated heterocycles. The van der Waals surface area contributed by atoms with Crippen LogP contribution in [-0.4, -0.2) is 22.6 Å². The van der Waals surface area contributed by atoms with Gasteiger partial charge in [0, 0.05) is 4.43 Å². The van der Waals surface area contributed by atoms with Crippen LogP contribution in [0, 0.1) is 0 Å². The van der Waals surface area contributed by atoms with Crippen molar-refractivity contribution in [3.05, 3.63) is 29.3 Å². The number of esters is 1. The maximum atomic E-state index is 11.2. The minimum absolute atomic E-state index is 0.231. The fourth-order valence-corrected chi connectivity index (χ4v) is 1.71. The first-order chi connectivity index (χ1) is 6.69. The van der Waals surface area contributed by atoms with Crippen molar-refractivity contribution < 1.29 is 14.6 Å². The van der Waals surface area contributed by atoms with Crippen LogP contribution in [0.5, 0.6) is 5.75 Å². The molecular weight excluding hydrogens is 295 g/mol. The van der Waals surface area contributed by atoms with Gasteiger partial charge in [-0.05, 0) is 30.2 Å². The molecule has 0 aliphatic rings. The number of methoxy groups -OCH3 is 1. The van der Waals surface area contributed by atoms with E-state index < -0.39 is 0 Å². The molecule has 1 aromatic carbocycles. The van der Waals surface area contributed by atoms with E-state index >= 15 is 0 Å². The van der Waals surface area contributed by atoms with Gasteiger partial charge in [0.25, 0.3) is 0 Å². The smallest absolute Gasteiger partial charge is 0.337 e. The fourth-order valence-electron chi connectivity index (χ4n) is 1.13. The first-order valence-corrected chi connectivity index (χ1v) is 5.67. The Bertz CT molecular complexity index is 336. The molecule has 0 aromatic heterocycles. The summed E-state index contributed by atoms with van der Waals surface area (Å²) in [6.07, 6.45) is 0.747. The molecule has 0 atom stereocenters. The van der Waals surface area contributed by atoms with Gasteiger partial charge in [-0.3, -0.25) is 0 Å². The van der Waals surface area contributed by atoms with Crippen LogP contribution in [0.2, 0.25) is 0 Å². The topological polar surface area (TPSA) is 46.5 Å². The van der Waals surface area contributed by atoms with Crippen molar-refractivity contribution in [1.29, 1.82) is 0 Å². The predicted octanol–water partition coefficient (Wildman–Crippen LogP) is 2.16. The number of ether oxygens (including phenoxy) is 1. The number of hydrogen-bond acceptors (Lipinski definition) is 3. The molecule has 0 unspecified atom stereocenters. The van der Waals surface area contributed by atoms with Crippen molar-refractivity contribution in [2.75, 3.05) is 11.5 Å². The van der Waals surface area contributed by atoms with Gasteiger partial charge >= 0.3 is 5.97 Å². The zero-order valence-electron chi connectivity index (χ0n) is 7.79. The second-order valence-corrected chi connectivity index (χ2v) is 3.85. The highest BCUT2D eigenvalue weighted by Crippen LogP contribution is 2.20. The molecule has 0 bridgehead atoms. The summed E-state index contributed by atoms with van der Waals surface area (Å²) in [6.45, 7) is 0. The summed E-state index contributed by atoms with van der Waals surface area (Å²) in [5.41, 5.74) is 1.26. The minimum atomic E-state index is -0.375. The molecule has 4 heteroatoms. The Kier molecular flexibility index (Phi) is 4.19. The Labute approximate surface area is 96.2 Å². The van der Waals surface area contributed by atoms with Crippen molar-refractivity contribution in [2.45, 2.75) is 6.42 Å². The lowest BCUT2D eigenvalue weighted by Crippen LogP contribution is -2.02. The summed E-state index contributed by atoms with van der Waals surface area (Å²) in [6, 6.07) is 4.74. The number of aromatic hydroxyl groups is 1. The summed E-state index contributed by atoms with van der Waals surface area (Å²) < 4.78 is 5.49. The van der Waals surface area contributed by atoms with Crippen LogP contribution in [0.3, 0.4) is 0 Å². The van der Waals surface area contributed by atoms with E-state index in [0.717, 1.165) is 16.4 Å². The number of halogens is 1. The van der Waals surface area contributed by atoms with Crippen LogP contribution in [0.15, 0.2) is 18.2 Å². The van der Waals surface area contributed by atoms with E-state index in [9.17, 15) is 9.90 Å². The molecule has 0 saturated carbocycles. The molecule has 0 aliphatic carbocycles. The van der Waals surface area contributed by atoms with Gasteiger partial charge in [0.15, 0.2) is 0 Å². The summed E-state index contributed by atoms with van der Waals surface area (Å²) in [5.74, 6) is -0.144. The zero-order valence-corrected chi connectivity index (χ0v) is 9.95. The Morgan fingerprint density at radius 3 is 2.86 bits per heavy atom. The van der Waals surface area contributed by atoms with Gasteiger partial charge in [0.2, 0.25) is 0 Å². The van der Waals surface area contributed by atoms with Gasteiger partial charge in [0.05, 0.1) is 12.7 Å². The first kappa shape index (κ1) is 11.3. The van der Waals surface area contributed by atoms with Crippen molar-refractivity contribution >= 4 is 28.6 Å². The third-order valence-electron chi connectivity index (χ3n) is 1.86. The SMILES string of the molecule is COC(=O)c1ccc(O)c(CCI)c1. The first-order valence-electron chi connectivity index (χ1n) is 4.15. The maximum absolute atomic E-state index is 11.2. The lowest BCUT2D eigenvalue weighted by Gasteiger charge is -2.04. The van der Waals surface area contributed by atoms with E-state index in [4.69, 9.17) is 0 Å². The monoisotopic (exact) mass is 306 g/mol. The van der Waals surface area contributed by atoms with Crippen molar-refractivity contribution in [2.24, 2.45) is 0 Å². The molecule has 0 radical (unpaired) electrons. The van der Waals surface area contributed by atoms with Crippen LogP contribution in [0.25, 0.3) is 0 Å². The number of benzene rings is 1. The lowest BCUT2D eigenvalue weighted by molar-refractivity contribution is 0.0600. The molecule has 0 fully saturated rings. The number of rotatable bonds is 3. The Morgan fingerprint density at radius 1 is 1.57 bits per heavy atom. The van der Waals surface area contributed by atoms with Gasteiger partial charge in [-0.15, -0.1) is 0 Å². The van der Waals surface area contributed by atoms with Crippen molar-refractivity contribution in [3.63, 3.8) is 0 Å². The molecule has 76 valence electrons. The zero-order chi connectivity index (χ0) is 10.6. The normalized spacial score (nSPS) is 9.86. The second-order valence-electron chi connectivity index (χ2n) is 2.77. The Morgan fingerprint density at radius 2 is 2.29 bits per heavy atom. The van der Waals surface area contributed by atoms with Crippen LogP contribution >= 0.6 is 22.6 Å². The van der Waals surface area contributed by atoms with E-state index in [1.54, 1.807) is 12.1 Å². The molecule has 0 heterocycles. The minimum Gasteiger partial charge on any atom is -0.508 e. The van der Waals surface area contributed by atoms with Gasteiger partial charge < -0.3 is 9.84 Å². The number of phenols is 1. The number of aryl methyl sites for hydroxylation is 1. The molecule has 1 N–H and O–H groups in total. The van der Waals surface area contributed by atoms with Crippen molar-refractivity contribution in [3.8, 4) is 5.75 Å². The highest BCUT2D eigenvalue weighted by Gasteiger charge is 2.08. The molecule has 0 spiro atoms. The second kappa shape index (κ2) is 5.19. The summed E-state index contributed by atoms with van der Waals surface area (Å²) in [5, 5.41) is 9.47. The number of hydrogen-bond donors (Lipinski definition) is 1. The van der Waals surface area contributed by atoms with Crippen LogP contribution in [0.1, 0.15) is 15.9 Å². The van der Waals surface area contributed by atoms with Gasteiger partial charge in [-0.25, -0.2) is 4.79 Å². The summed E-state index contributed by atoms with van der Waals surface area (Å²) >= 11 is 2.22. The van der Waals surface area contributed by atoms with Gasteiger partial charge in [0.1, 0.15) is 5.75 Å². The summed E-state index contributed by atoms with van der Waals surface area (Å²) in [7, 11) is 1.34. The standard InChI is InChI=1S/C10H11IO3/c1-14-10(13)8-2-3-9(12)7(6-8)4-5-11/h2-3,6,12H,4-5H2,1H3. The third-order valence-corrected chi connectivity index (χ3v) is 2.40. The highest BCUT2D eigenvalue weighted by atomic mass is 127. The number of phenolic OH excluding ortho intramolecular Hbond substituents is 1. The van der Waals surface area contributed by atoms with E-state index in [2.05, 4.69) is 27.3 Å². The van der Waals surface area contributed by atoms with E-state index in [-0.39, 0.29) is 11.7 Å². The molecular formula is C10H11IO3. The van der Waals surface area contributed by atoms with Gasteiger partial charge in [-0.1, -0.05) is 22.6 Å². The average Bonchev–Trinajstić information content (AvgIpc) is 2.20. The lowest BCUT2D eigenvalue weighted by atomic mass is 10.1. The van der Waals surface area contributed by atoms with Gasteiger partial charge in [-0.2, -0.15) is 0 Å².